The number of rotatable bonds is 8. The summed E-state index contributed by atoms with van der Waals surface area (Å²) in [5, 5.41) is 0. The van der Waals surface area contributed by atoms with Crippen molar-refractivity contribution in [3.63, 3.8) is 0 Å². The van der Waals surface area contributed by atoms with Crippen molar-refractivity contribution in [2.24, 2.45) is 11.7 Å². The summed E-state index contributed by atoms with van der Waals surface area (Å²) >= 11 is 0. The Hall–Kier alpha value is -1.10. The molecule has 2 unspecified atom stereocenters. The van der Waals surface area contributed by atoms with Gasteiger partial charge in [0.15, 0.2) is 0 Å². The zero-order valence-electron chi connectivity index (χ0n) is 13.3. The van der Waals surface area contributed by atoms with E-state index in [4.69, 9.17) is 15.2 Å². The molecule has 0 aliphatic carbocycles. The first kappa shape index (κ1) is 16.3. The lowest BCUT2D eigenvalue weighted by Gasteiger charge is -2.27. The topological polar surface area (TPSA) is 47.7 Å². The quantitative estimate of drug-likeness (QED) is 0.799. The predicted octanol–water partition coefficient (Wildman–Crippen LogP) is 2.44. The van der Waals surface area contributed by atoms with E-state index in [9.17, 15) is 0 Å². The smallest absolute Gasteiger partial charge is 0.119 e. The number of hydrogen-bond acceptors (Lipinski definition) is 4. The van der Waals surface area contributed by atoms with Crippen LogP contribution in [0.15, 0.2) is 24.3 Å². The van der Waals surface area contributed by atoms with Crippen LogP contribution in [0.1, 0.15) is 31.4 Å². The summed E-state index contributed by atoms with van der Waals surface area (Å²) < 4.78 is 10.9. The first-order valence-corrected chi connectivity index (χ1v) is 7.94. The van der Waals surface area contributed by atoms with Crippen molar-refractivity contribution < 1.29 is 9.47 Å². The average molecular weight is 292 g/mol. The van der Waals surface area contributed by atoms with Crippen LogP contribution in [0.3, 0.4) is 0 Å². The Balaban J connectivity index is 1.97. The van der Waals surface area contributed by atoms with E-state index in [2.05, 4.69) is 36.1 Å². The number of likely N-dealkylation sites (tertiary alicyclic amines) is 1. The molecule has 1 heterocycles. The maximum Gasteiger partial charge on any atom is 0.119 e. The third kappa shape index (κ3) is 4.43. The molecule has 1 aromatic rings. The second-order valence-electron chi connectivity index (χ2n) is 5.77. The van der Waals surface area contributed by atoms with Gasteiger partial charge in [0.2, 0.25) is 0 Å². The van der Waals surface area contributed by atoms with E-state index in [1.807, 2.05) is 0 Å². The van der Waals surface area contributed by atoms with Gasteiger partial charge in [0.05, 0.1) is 13.2 Å². The van der Waals surface area contributed by atoms with Crippen molar-refractivity contribution >= 4 is 0 Å². The molecular weight excluding hydrogens is 264 g/mol. The fraction of sp³-hybridized carbons (Fsp3) is 0.647. The van der Waals surface area contributed by atoms with Crippen LogP contribution < -0.4 is 10.5 Å². The molecule has 1 saturated heterocycles. The molecule has 0 bridgehead atoms. The Morgan fingerprint density at radius 1 is 1.33 bits per heavy atom. The van der Waals surface area contributed by atoms with Crippen molar-refractivity contribution in [3.05, 3.63) is 29.8 Å². The molecule has 2 N–H and O–H groups in total. The van der Waals surface area contributed by atoms with E-state index >= 15 is 0 Å². The zero-order chi connectivity index (χ0) is 15.1. The van der Waals surface area contributed by atoms with Crippen LogP contribution >= 0.6 is 0 Å². The molecule has 1 aliphatic heterocycles. The van der Waals surface area contributed by atoms with Crippen LogP contribution in [0.25, 0.3) is 0 Å². The molecule has 118 valence electrons. The molecule has 0 radical (unpaired) electrons. The first-order chi connectivity index (χ1) is 10.3. The van der Waals surface area contributed by atoms with E-state index in [0.29, 0.717) is 18.5 Å². The average Bonchev–Trinajstić information content (AvgIpc) is 2.96. The van der Waals surface area contributed by atoms with Crippen LogP contribution in [0.2, 0.25) is 0 Å². The molecule has 1 aromatic carbocycles. The summed E-state index contributed by atoms with van der Waals surface area (Å²) in [4.78, 5) is 2.48. The highest BCUT2D eigenvalue weighted by molar-refractivity contribution is 5.29. The number of ether oxygens (including phenoxy) is 2. The number of nitrogens with zero attached hydrogens (tertiary/aromatic N) is 1. The van der Waals surface area contributed by atoms with Gasteiger partial charge in [-0.1, -0.05) is 19.1 Å². The molecule has 2 rings (SSSR count). The standard InChI is InChI=1S/C17H28N2O2/c1-3-10-21-16-6-4-15(5-7-16)17(11-18)19-9-8-14(12-19)13-20-2/h4-7,14,17H,3,8-13,18H2,1-2H3. The van der Waals surface area contributed by atoms with Gasteiger partial charge in [-0.05, 0) is 43.0 Å². The molecule has 0 amide bonds. The van der Waals surface area contributed by atoms with Gasteiger partial charge in [-0.2, -0.15) is 0 Å². The molecule has 21 heavy (non-hydrogen) atoms. The summed E-state index contributed by atoms with van der Waals surface area (Å²) in [6.07, 6.45) is 2.23. The van der Waals surface area contributed by atoms with E-state index in [-0.39, 0.29) is 0 Å². The highest BCUT2D eigenvalue weighted by Gasteiger charge is 2.28. The van der Waals surface area contributed by atoms with Gasteiger partial charge in [0.25, 0.3) is 0 Å². The predicted molar refractivity (Wildman–Crippen MR) is 85.6 cm³/mol. The maximum absolute atomic E-state index is 6.02. The minimum Gasteiger partial charge on any atom is -0.494 e. The third-order valence-electron chi connectivity index (χ3n) is 4.12. The SMILES string of the molecule is CCCOc1ccc(C(CN)N2CCC(COC)C2)cc1. The summed E-state index contributed by atoms with van der Waals surface area (Å²) in [5.41, 5.74) is 7.30. The van der Waals surface area contributed by atoms with Crippen LogP contribution in [0.5, 0.6) is 5.75 Å². The lowest BCUT2D eigenvalue weighted by atomic mass is 10.1. The molecule has 4 nitrogen and oxygen atoms in total. The van der Waals surface area contributed by atoms with Crippen molar-refractivity contribution in [2.45, 2.75) is 25.8 Å². The molecular formula is C17H28N2O2. The molecule has 0 saturated carbocycles. The summed E-state index contributed by atoms with van der Waals surface area (Å²) in [5.74, 6) is 1.58. The van der Waals surface area contributed by atoms with Crippen LogP contribution in [0.4, 0.5) is 0 Å². The summed E-state index contributed by atoms with van der Waals surface area (Å²) in [6, 6.07) is 8.69. The molecule has 0 aromatic heterocycles. The van der Waals surface area contributed by atoms with Gasteiger partial charge < -0.3 is 15.2 Å². The summed E-state index contributed by atoms with van der Waals surface area (Å²) in [7, 11) is 1.78. The van der Waals surface area contributed by atoms with E-state index in [0.717, 1.165) is 38.5 Å². The Bertz CT molecular complexity index is 408. The van der Waals surface area contributed by atoms with Gasteiger partial charge >= 0.3 is 0 Å². The van der Waals surface area contributed by atoms with Crippen molar-refractivity contribution in [1.29, 1.82) is 0 Å². The fourth-order valence-electron chi connectivity index (χ4n) is 3.02. The van der Waals surface area contributed by atoms with Crippen molar-refractivity contribution in [1.82, 2.24) is 4.90 Å². The lowest BCUT2D eigenvalue weighted by Crippen LogP contribution is -2.32. The minimum atomic E-state index is 0.298. The summed E-state index contributed by atoms with van der Waals surface area (Å²) in [6.45, 7) is 6.55. The second kappa shape index (κ2) is 8.37. The number of nitrogens with two attached hydrogens (primary N) is 1. The number of benzene rings is 1. The largest absolute Gasteiger partial charge is 0.494 e. The number of methoxy groups -OCH3 is 1. The Morgan fingerprint density at radius 2 is 2.10 bits per heavy atom. The lowest BCUT2D eigenvalue weighted by molar-refractivity contribution is 0.147. The molecule has 1 fully saturated rings. The minimum absolute atomic E-state index is 0.298. The molecule has 0 spiro atoms. The van der Waals surface area contributed by atoms with Crippen molar-refractivity contribution in [2.75, 3.05) is 40.0 Å². The van der Waals surface area contributed by atoms with Crippen molar-refractivity contribution in [3.8, 4) is 5.75 Å². The Labute approximate surface area is 128 Å². The monoisotopic (exact) mass is 292 g/mol. The van der Waals surface area contributed by atoms with Gasteiger partial charge in [0.1, 0.15) is 5.75 Å². The fourth-order valence-corrected chi connectivity index (χ4v) is 3.02. The maximum atomic E-state index is 6.02. The Kier molecular flexibility index (Phi) is 6.49. The van der Waals surface area contributed by atoms with E-state index in [1.165, 1.54) is 12.0 Å². The van der Waals surface area contributed by atoms with Gasteiger partial charge in [0, 0.05) is 26.2 Å². The van der Waals surface area contributed by atoms with Crippen LogP contribution in [0, 0.1) is 5.92 Å². The third-order valence-corrected chi connectivity index (χ3v) is 4.12. The van der Waals surface area contributed by atoms with Gasteiger partial charge in [-0.3, -0.25) is 4.90 Å². The second-order valence-corrected chi connectivity index (χ2v) is 5.77. The van der Waals surface area contributed by atoms with Gasteiger partial charge in [-0.25, -0.2) is 0 Å². The molecule has 1 aliphatic rings. The Morgan fingerprint density at radius 3 is 2.71 bits per heavy atom. The molecule has 4 heteroatoms. The first-order valence-electron chi connectivity index (χ1n) is 7.94. The van der Waals surface area contributed by atoms with E-state index < -0.39 is 0 Å². The van der Waals surface area contributed by atoms with Gasteiger partial charge in [-0.15, -0.1) is 0 Å². The van der Waals surface area contributed by atoms with E-state index in [1.54, 1.807) is 7.11 Å². The van der Waals surface area contributed by atoms with Crippen LogP contribution in [-0.2, 0) is 4.74 Å². The zero-order valence-corrected chi connectivity index (χ0v) is 13.3. The molecule has 2 atom stereocenters. The number of hydrogen-bond donors (Lipinski definition) is 1. The van der Waals surface area contributed by atoms with Crippen LogP contribution in [-0.4, -0.2) is 44.9 Å². The normalized spacial score (nSPS) is 20.6. The highest BCUT2D eigenvalue weighted by Crippen LogP contribution is 2.28. The highest BCUT2D eigenvalue weighted by atomic mass is 16.5.